The van der Waals surface area contributed by atoms with E-state index in [-0.39, 0.29) is 5.91 Å². The van der Waals surface area contributed by atoms with E-state index in [9.17, 15) is 9.59 Å². The van der Waals surface area contributed by atoms with Crippen LogP contribution in [0.3, 0.4) is 0 Å². The van der Waals surface area contributed by atoms with Crippen molar-refractivity contribution < 1.29 is 14.3 Å². The highest BCUT2D eigenvalue weighted by Crippen LogP contribution is 2.07. The molecule has 0 atom stereocenters. The lowest BCUT2D eigenvalue weighted by Crippen LogP contribution is -2.33. The van der Waals surface area contributed by atoms with Crippen molar-refractivity contribution in [3.8, 4) is 5.82 Å². The summed E-state index contributed by atoms with van der Waals surface area (Å²) >= 11 is 0. The van der Waals surface area contributed by atoms with E-state index < -0.39 is 11.7 Å². The number of alkyl carbamates (subject to hydrolysis) is 1. The third-order valence-corrected chi connectivity index (χ3v) is 3.29. The fourth-order valence-corrected chi connectivity index (χ4v) is 2.14. The van der Waals surface area contributed by atoms with E-state index in [1.165, 1.54) is 0 Å². The number of hydrogen-bond donors (Lipinski definition) is 2. The average Bonchev–Trinajstić information content (AvgIpc) is 3.10. The summed E-state index contributed by atoms with van der Waals surface area (Å²) in [6.07, 6.45) is 5.57. The molecule has 0 aliphatic heterocycles. The lowest BCUT2D eigenvalue weighted by Gasteiger charge is -2.19. The summed E-state index contributed by atoms with van der Waals surface area (Å²) < 4.78 is 6.79. The molecule has 8 nitrogen and oxygen atoms in total. The Hall–Kier alpha value is -2.90. The molecule has 0 aromatic carbocycles. The molecule has 26 heavy (non-hydrogen) atoms. The van der Waals surface area contributed by atoms with Crippen LogP contribution >= 0.6 is 0 Å². The molecule has 2 aromatic heterocycles. The van der Waals surface area contributed by atoms with Gasteiger partial charge in [-0.15, -0.1) is 0 Å². The monoisotopic (exact) mass is 359 g/mol. The van der Waals surface area contributed by atoms with Gasteiger partial charge < -0.3 is 15.4 Å². The highest BCUT2D eigenvalue weighted by Gasteiger charge is 2.15. The molecule has 0 fully saturated rings. The maximum absolute atomic E-state index is 11.9. The maximum Gasteiger partial charge on any atom is 0.407 e. The van der Waals surface area contributed by atoms with Crippen molar-refractivity contribution in [2.24, 2.45) is 0 Å². The molecule has 2 N–H and O–H groups in total. The fraction of sp³-hybridized carbons (Fsp3) is 0.444. The van der Waals surface area contributed by atoms with Gasteiger partial charge in [0.25, 0.3) is 0 Å². The molecule has 0 spiro atoms. The number of nitrogens with one attached hydrogen (secondary N) is 2. The van der Waals surface area contributed by atoms with Crippen LogP contribution in [0, 0.1) is 0 Å². The van der Waals surface area contributed by atoms with Gasteiger partial charge in [0, 0.05) is 38.1 Å². The normalized spacial score (nSPS) is 11.0. The van der Waals surface area contributed by atoms with Gasteiger partial charge in [-0.3, -0.25) is 4.79 Å². The first-order valence-corrected chi connectivity index (χ1v) is 8.52. The van der Waals surface area contributed by atoms with Gasteiger partial charge in [-0.2, -0.15) is 5.10 Å². The molecular formula is C18H25N5O3. The minimum Gasteiger partial charge on any atom is -0.444 e. The minimum absolute atomic E-state index is 0.0755. The van der Waals surface area contributed by atoms with Gasteiger partial charge in [0.1, 0.15) is 5.60 Å². The highest BCUT2D eigenvalue weighted by molar-refractivity contribution is 5.76. The van der Waals surface area contributed by atoms with Crippen molar-refractivity contribution in [3.05, 3.63) is 42.4 Å². The van der Waals surface area contributed by atoms with Gasteiger partial charge in [-0.25, -0.2) is 14.5 Å². The molecule has 0 aliphatic carbocycles. The quantitative estimate of drug-likeness (QED) is 0.739. The molecule has 2 heterocycles. The predicted octanol–water partition coefficient (Wildman–Crippen LogP) is 2.19. The van der Waals surface area contributed by atoms with Crippen molar-refractivity contribution in [1.82, 2.24) is 25.4 Å². The molecular weight excluding hydrogens is 334 g/mol. The molecule has 0 saturated heterocycles. The molecule has 2 amide bonds. The van der Waals surface area contributed by atoms with Crippen LogP contribution in [0.2, 0.25) is 0 Å². The number of hydrogen-bond acceptors (Lipinski definition) is 5. The molecule has 0 aliphatic rings. The molecule has 2 aromatic rings. The summed E-state index contributed by atoms with van der Waals surface area (Å²) in [4.78, 5) is 27.7. The second-order valence-corrected chi connectivity index (χ2v) is 6.78. The number of ether oxygens (including phenoxy) is 1. The van der Waals surface area contributed by atoms with Crippen LogP contribution in [0.25, 0.3) is 5.82 Å². The molecule has 0 unspecified atom stereocenters. The number of carbonyl (C=O) groups excluding carboxylic acids is 2. The number of carbonyl (C=O) groups is 2. The minimum atomic E-state index is -0.527. The Balaban J connectivity index is 1.68. The van der Waals surface area contributed by atoms with E-state index in [1.807, 2.05) is 24.4 Å². The van der Waals surface area contributed by atoms with E-state index in [4.69, 9.17) is 4.74 Å². The highest BCUT2D eigenvalue weighted by atomic mass is 16.6. The molecule has 0 bridgehead atoms. The lowest BCUT2D eigenvalue weighted by molar-refractivity contribution is -0.121. The van der Waals surface area contributed by atoms with E-state index in [0.717, 1.165) is 5.56 Å². The number of pyridine rings is 1. The van der Waals surface area contributed by atoms with Gasteiger partial charge in [-0.05, 0) is 51.0 Å². The standard InChI is InChI=1S/C18H25N5O3/c1-18(2,3)26-17(25)20-8-4-6-16(24)21-13-14-7-10-19-15(12-14)23-11-5-9-22-23/h5,7,9-12H,4,6,8,13H2,1-3H3,(H,20,25)(H,21,24). The SMILES string of the molecule is CC(C)(C)OC(=O)NCCCC(=O)NCc1ccnc(-n2cccn2)c1. The van der Waals surface area contributed by atoms with Crippen molar-refractivity contribution >= 4 is 12.0 Å². The van der Waals surface area contributed by atoms with Gasteiger partial charge in [0.05, 0.1) is 0 Å². The zero-order valence-corrected chi connectivity index (χ0v) is 15.4. The second-order valence-electron chi connectivity index (χ2n) is 6.78. The topological polar surface area (TPSA) is 98.1 Å². The van der Waals surface area contributed by atoms with Crippen LogP contribution in [-0.2, 0) is 16.1 Å². The Morgan fingerprint density at radius 1 is 1.23 bits per heavy atom. The zero-order valence-electron chi connectivity index (χ0n) is 15.4. The van der Waals surface area contributed by atoms with Crippen LogP contribution in [0.4, 0.5) is 4.79 Å². The first-order chi connectivity index (χ1) is 12.3. The summed E-state index contributed by atoms with van der Waals surface area (Å²) in [5.74, 6) is 0.622. The van der Waals surface area contributed by atoms with E-state index in [2.05, 4.69) is 20.7 Å². The van der Waals surface area contributed by atoms with Crippen molar-refractivity contribution in [3.63, 3.8) is 0 Å². The third-order valence-electron chi connectivity index (χ3n) is 3.29. The lowest BCUT2D eigenvalue weighted by atomic mass is 10.2. The van der Waals surface area contributed by atoms with E-state index >= 15 is 0 Å². The average molecular weight is 359 g/mol. The second kappa shape index (κ2) is 8.98. The summed E-state index contributed by atoms with van der Waals surface area (Å²) in [7, 11) is 0. The summed E-state index contributed by atoms with van der Waals surface area (Å²) in [5, 5.41) is 9.62. The summed E-state index contributed by atoms with van der Waals surface area (Å²) in [5.41, 5.74) is 0.409. The smallest absolute Gasteiger partial charge is 0.407 e. The fourth-order valence-electron chi connectivity index (χ4n) is 2.14. The van der Waals surface area contributed by atoms with Gasteiger partial charge in [0.2, 0.25) is 5.91 Å². The summed E-state index contributed by atoms with van der Waals surface area (Å²) in [6, 6.07) is 5.54. The molecule has 8 heteroatoms. The third kappa shape index (κ3) is 6.92. The van der Waals surface area contributed by atoms with Crippen molar-refractivity contribution in [1.29, 1.82) is 0 Å². The van der Waals surface area contributed by atoms with Crippen LogP contribution in [0.5, 0.6) is 0 Å². The molecule has 140 valence electrons. The summed E-state index contributed by atoms with van der Waals surface area (Å²) in [6.45, 7) is 6.21. The first-order valence-electron chi connectivity index (χ1n) is 8.52. The zero-order chi connectivity index (χ0) is 19.0. The Kier molecular flexibility index (Phi) is 6.71. The van der Waals surface area contributed by atoms with Crippen molar-refractivity contribution in [2.75, 3.05) is 6.54 Å². The van der Waals surface area contributed by atoms with Crippen LogP contribution in [-0.4, -0.2) is 38.9 Å². The Labute approximate surface area is 153 Å². The Bertz CT molecular complexity index is 723. The van der Waals surface area contributed by atoms with E-state index in [1.54, 1.807) is 37.8 Å². The number of rotatable bonds is 7. The first kappa shape index (κ1) is 19.4. The predicted molar refractivity (Wildman–Crippen MR) is 96.7 cm³/mol. The largest absolute Gasteiger partial charge is 0.444 e. The number of nitrogens with zero attached hydrogens (tertiary/aromatic N) is 3. The maximum atomic E-state index is 11.9. The van der Waals surface area contributed by atoms with Crippen LogP contribution in [0.1, 0.15) is 39.2 Å². The molecule has 0 radical (unpaired) electrons. The van der Waals surface area contributed by atoms with Crippen molar-refractivity contribution in [2.45, 2.75) is 45.8 Å². The van der Waals surface area contributed by atoms with Crippen LogP contribution in [0.15, 0.2) is 36.8 Å². The van der Waals surface area contributed by atoms with Crippen LogP contribution < -0.4 is 10.6 Å². The van der Waals surface area contributed by atoms with Gasteiger partial charge in [0.15, 0.2) is 5.82 Å². The molecule has 2 rings (SSSR count). The number of aromatic nitrogens is 3. The van der Waals surface area contributed by atoms with Gasteiger partial charge >= 0.3 is 6.09 Å². The molecule has 0 saturated carbocycles. The van der Waals surface area contributed by atoms with Gasteiger partial charge in [-0.1, -0.05) is 0 Å². The Morgan fingerprint density at radius 3 is 2.73 bits per heavy atom. The van der Waals surface area contributed by atoms with E-state index in [0.29, 0.717) is 31.7 Å². The number of amides is 2. The Morgan fingerprint density at radius 2 is 2.04 bits per heavy atom.